The summed E-state index contributed by atoms with van der Waals surface area (Å²) in [6, 6.07) is 0.499. The molecule has 2 rings (SSSR count). The first kappa shape index (κ1) is 4.57. The highest BCUT2D eigenvalue weighted by Crippen LogP contribution is 2.41. The third-order valence-corrected chi connectivity index (χ3v) is 2.41. The van der Waals surface area contributed by atoms with Gasteiger partial charge in [-0.15, -0.1) is 0 Å². The summed E-state index contributed by atoms with van der Waals surface area (Å²) in [5, 5.41) is 0. The van der Waals surface area contributed by atoms with Gasteiger partial charge in [0.1, 0.15) is 0 Å². The van der Waals surface area contributed by atoms with Gasteiger partial charge in [0, 0.05) is 6.04 Å². The van der Waals surface area contributed by atoms with Gasteiger partial charge in [-0.3, -0.25) is 0 Å². The Balaban J connectivity index is 2.10. The Kier molecular flexibility index (Phi) is 0.770. The number of allylic oxidation sites excluding steroid dienone is 1. The molecular formula is C7H11N. The maximum absolute atomic E-state index is 5.71. The van der Waals surface area contributed by atoms with Crippen LogP contribution in [0.1, 0.15) is 12.8 Å². The van der Waals surface area contributed by atoms with E-state index in [9.17, 15) is 0 Å². The molecule has 0 radical (unpaired) electrons. The predicted octanol–water partition coefficient (Wildman–Crippen LogP) is 0.910. The molecule has 44 valence electrons. The number of hydrogen-bond acceptors (Lipinski definition) is 1. The Labute approximate surface area is 49.6 Å². The fourth-order valence-electron chi connectivity index (χ4n) is 1.78. The lowest BCUT2D eigenvalue weighted by molar-refractivity contribution is 0.201. The Hall–Kier alpha value is -0.300. The van der Waals surface area contributed by atoms with E-state index in [1.165, 1.54) is 12.8 Å². The fraction of sp³-hybridized carbons (Fsp3) is 0.714. The molecule has 1 nitrogen and oxygen atoms in total. The third-order valence-electron chi connectivity index (χ3n) is 2.41. The van der Waals surface area contributed by atoms with Gasteiger partial charge in [-0.1, -0.05) is 12.2 Å². The Bertz CT molecular complexity index is 128. The monoisotopic (exact) mass is 109 g/mol. The summed E-state index contributed by atoms with van der Waals surface area (Å²) < 4.78 is 0. The maximum atomic E-state index is 5.71. The van der Waals surface area contributed by atoms with Crippen molar-refractivity contribution in [2.24, 2.45) is 17.6 Å². The predicted molar refractivity (Wildman–Crippen MR) is 33.3 cm³/mol. The third kappa shape index (κ3) is 0.402. The fourth-order valence-corrected chi connectivity index (χ4v) is 1.78. The lowest BCUT2D eigenvalue weighted by Crippen LogP contribution is -2.44. The van der Waals surface area contributed by atoms with Gasteiger partial charge in [0.25, 0.3) is 0 Å². The van der Waals surface area contributed by atoms with Gasteiger partial charge in [-0.2, -0.15) is 0 Å². The number of rotatable bonds is 0. The van der Waals surface area contributed by atoms with Crippen LogP contribution in [0.2, 0.25) is 0 Å². The summed E-state index contributed by atoms with van der Waals surface area (Å²) in [5.41, 5.74) is 5.71. The average molecular weight is 109 g/mol. The second-order valence-corrected chi connectivity index (χ2v) is 2.90. The molecular weight excluding hydrogens is 98.1 g/mol. The number of nitrogens with two attached hydrogens (primary N) is 1. The van der Waals surface area contributed by atoms with E-state index in [0.29, 0.717) is 6.04 Å². The average Bonchev–Trinajstić information content (AvgIpc) is 2.09. The Morgan fingerprint density at radius 1 is 1.50 bits per heavy atom. The van der Waals surface area contributed by atoms with E-state index in [1.807, 2.05) is 0 Å². The normalized spacial score (nSPS) is 50.9. The van der Waals surface area contributed by atoms with Crippen molar-refractivity contribution < 1.29 is 0 Å². The van der Waals surface area contributed by atoms with Crippen molar-refractivity contribution in [3.05, 3.63) is 12.2 Å². The van der Waals surface area contributed by atoms with E-state index in [2.05, 4.69) is 12.2 Å². The highest BCUT2D eigenvalue weighted by atomic mass is 14.7. The van der Waals surface area contributed by atoms with Crippen molar-refractivity contribution in [2.45, 2.75) is 18.9 Å². The maximum Gasteiger partial charge on any atom is 0.0108 e. The van der Waals surface area contributed by atoms with Crippen molar-refractivity contribution in [2.75, 3.05) is 0 Å². The molecule has 8 heavy (non-hydrogen) atoms. The minimum Gasteiger partial charge on any atom is -0.327 e. The van der Waals surface area contributed by atoms with E-state index >= 15 is 0 Å². The van der Waals surface area contributed by atoms with Crippen LogP contribution in [-0.2, 0) is 0 Å². The van der Waals surface area contributed by atoms with Crippen molar-refractivity contribution in [3.63, 3.8) is 0 Å². The van der Waals surface area contributed by atoms with Gasteiger partial charge in [0.15, 0.2) is 0 Å². The summed E-state index contributed by atoms with van der Waals surface area (Å²) in [7, 11) is 0. The molecule has 0 spiro atoms. The summed E-state index contributed by atoms with van der Waals surface area (Å²) in [6.07, 6.45) is 7.09. The summed E-state index contributed by atoms with van der Waals surface area (Å²) in [6.45, 7) is 0. The lowest BCUT2D eigenvalue weighted by Gasteiger charge is -2.37. The largest absolute Gasteiger partial charge is 0.327 e. The zero-order chi connectivity index (χ0) is 5.56. The molecule has 3 unspecified atom stereocenters. The van der Waals surface area contributed by atoms with Gasteiger partial charge in [0.05, 0.1) is 0 Å². The number of hydrogen-bond donors (Lipinski definition) is 1. The highest BCUT2D eigenvalue weighted by Gasteiger charge is 2.38. The molecule has 0 heterocycles. The van der Waals surface area contributed by atoms with Crippen molar-refractivity contribution in [1.82, 2.24) is 0 Å². The van der Waals surface area contributed by atoms with Crippen LogP contribution in [-0.4, -0.2) is 6.04 Å². The molecule has 2 aliphatic rings. The van der Waals surface area contributed by atoms with Crippen LogP contribution in [0.5, 0.6) is 0 Å². The first-order chi connectivity index (χ1) is 3.88. The summed E-state index contributed by atoms with van der Waals surface area (Å²) >= 11 is 0. The van der Waals surface area contributed by atoms with Crippen LogP contribution >= 0.6 is 0 Å². The molecule has 1 fully saturated rings. The van der Waals surface area contributed by atoms with Crippen molar-refractivity contribution in [3.8, 4) is 0 Å². The molecule has 1 saturated carbocycles. The van der Waals surface area contributed by atoms with E-state index in [0.717, 1.165) is 11.8 Å². The van der Waals surface area contributed by atoms with Crippen LogP contribution in [0.4, 0.5) is 0 Å². The Morgan fingerprint density at radius 3 is 2.88 bits per heavy atom. The van der Waals surface area contributed by atoms with Crippen LogP contribution in [0.25, 0.3) is 0 Å². The highest BCUT2D eigenvalue weighted by molar-refractivity contribution is 5.11. The molecule has 1 heteroatoms. The quantitative estimate of drug-likeness (QED) is 0.460. The molecule has 0 aromatic rings. The molecule has 2 N–H and O–H groups in total. The van der Waals surface area contributed by atoms with E-state index in [1.54, 1.807) is 0 Å². The van der Waals surface area contributed by atoms with Crippen LogP contribution in [0, 0.1) is 11.8 Å². The molecule has 0 aliphatic heterocycles. The molecule has 3 atom stereocenters. The minimum absolute atomic E-state index is 0.499. The standard InChI is InChI=1S/C7H11N/c8-7-4-5-2-1-3-6(5)7/h1,3,5-7H,2,4,8H2. The first-order valence-corrected chi connectivity index (χ1v) is 3.30. The van der Waals surface area contributed by atoms with Crippen LogP contribution in [0.15, 0.2) is 12.2 Å². The molecule has 0 aromatic heterocycles. The minimum atomic E-state index is 0.499. The smallest absolute Gasteiger partial charge is 0.0108 e. The first-order valence-electron chi connectivity index (χ1n) is 3.30. The lowest BCUT2D eigenvalue weighted by atomic mass is 9.72. The zero-order valence-corrected chi connectivity index (χ0v) is 4.88. The van der Waals surface area contributed by atoms with Crippen LogP contribution < -0.4 is 5.73 Å². The van der Waals surface area contributed by atoms with Crippen molar-refractivity contribution >= 4 is 0 Å². The molecule has 0 bridgehead atoms. The number of fused-ring (bicyclic) bond motifs is 1. The summed E-state index contributed by atoms with van der Waals surface area (Å²) in [5.74, 6) is 1.69. The van der Waals surface area contributed by atoms with E-state index in [-0.39, 0.29) is 0 Å². The van der Waals surface area contributed by atoms with Crippen LogP contribution in [0.3, 0.4) is 0 Å². The topological polar surface area (TPSA) is 26.0 Å². The van der Waals surface area contributed by atoms with Gasteiger partial charge in [-0.25, -0.2) is 0 Å². The molecule has 0 aromatic carbocycles. The SMILES string of the molecule is NC1CC2CC=CC12. The van der Waals surface area contributed by atoms with Gasteiger partial charge >= 0.3 is 0 Å². The van der Waals surface area contributed by atoms with E-state index < -0.39 is 0 Å². The van der Waals surface area contributed by atoms with Crippen molar-refractivity contribution in [1.29, 1.82) is 0 Å². The molecule has 2 aliphatic carbocycles. The second-order valence-electron chi connectivity index (χ2n) is 2.90. The van der Waals surface area contributed by atoms with E-state index in [4.69, 9.17) is 5.73 Å². The second kappa shape index (κ2) is 1.35. The van der Waals surface area contributed by atoms with Gasteiger partial charge < -0.3 is 5.73 Å². The Morgan fingerprint density at radius 2 is 2.38 bits per heavy atom. The van der Waals surface area contributed by atoms with Gasteiger partial charge in [-0.05, 0) is 24.7 Å². The molecule has 0 amide bonds. The molecule has 0 saturated heterocycles. The summed E-state index contributed by atoms with van der Waals surface area (Å²) in [4.78, 5) is 0. The van der Waals surface area contributed by atoms with Gasteiger partial charge in [0.2, 0.25) is 0 Å². The zero-order valence-electron chi connectivity index (χ0n) is 4.88.